The summed E-state index contributed by atoms with van der Waals surface area (Å²) in [6.07, 6.45) is 2.65. The Kier molecular flexibility index (Phi) is 4.43. The zero-order valence-corrected chi connectivity index (χ0v) is 11.6. The number of rotatable bonds is 5. The molecule has 2 N–H and O–H groups in total. The fourth-order valence-electron chi connectivity index (χ4n) is 2.71. The average Bonchev–Trinajstić information content (AvgIpc) is 2.90. The van der Waals surface area contributed by atoms with Gasteiger partial charge in [0.1, 0.15) is 11.5 Å². The fourth-order valence-corrected chi connectivity index (χ4v) is 2.71. The van der Waals surface area contributed by atoms with Gasteiger partial charge in [0.05, 0.1) is 12.1 Å². The van der Waals surface area contributed by atoms with Crippen molar-refractivity contribution in [2.45, 2.75) is 44.9 Å². The van der Waals surface area contributed by atoms with E-state index in [1.165, 1.54) is 6.42 Å². The van der Waals surface area contributed by atoms with Gasteiger partial charge in [0, 0.05) is 19.2 Å². The van der Waals surface area contributed by atoms with E-state index in [1.807, 2.05) is 26.0 Å². The number of nitrogens with two attached hydrogens (primary N) is 1. The van der Waals surface area contributed by atoms with Gasteiger partial charge in [-0.25, -0.2) is 0 Å². The molecule has 2 rings (SSSR count). The summed E-state index contributed by atoms with van der Waals surface area (Å²) in [5.74, 6) is 1.88. The Balaban J connectivity index is 2.04. The third-order valence-corrected chi connectivity index (χ3v) is 3.54. The van der Waals surface area contributed by atoms with Gasteiger partial charge in [-0.3, -0.25) is 4.90 Å². The van der Waals surface area contributed by atoms with Crippen LogP contribution in [0.5, 0.6) is 0 Å². The molecule has 1 fully saturated rings. The van der Waals surface area contributed by atoms with Crippen LogP contribution in [0.1, 0.15) is 37.3 Å². The summed E-state index contributed by atoms with van der Waals surface area (Å²) >= 11 is 0. The molecular formula is C14H24N2O2. The van der Waals surface area contributed by atoms with Crippen LogP contribution in [0.25, 0.3) is 0 Å². The predicted octanol–water partition coefficient (Wildman–Crippen LogP) is 2.09. The van der Waals surface area contributed by atoms with Gasteiger partial charge in [0.25, 0.3) is 0 Å². The Morgan fingerprint density at radius 2 is 2.28 bits per heavy atom. The molecule has 2 heterocycles. The normalized spacial score (nSPS) is 23.5. The topological polar surface area (TPSA) is 51.6 Å². The molecule has 0 amide bonds. The summed E-state index contributed by atoms with van der Waals surface area (Å²) in [6.45, 7) is 5.78. The number of furan rings is 1. The third-order valence-electron chi connectivity index (χ3n) is 3.54. The molecule has 102 valence electrons. The van der Waals surface area contributed by atoms with E-state index < -0.39 is 0 Å². The number of nitrogens with zero attached hydrogens (tertiary/aromatic N) is 1. The Hall–Kier alpha value is -0.840. The van der Waals surface area contributed by atoms with Crippen molar-refractivity contribution in [3.63, 3.8) is 0 Å². The second kappa shape index (κ2) is 5.87. The number of ether oxygens (including phenoxy) is 1. The van der Waals surface area contributed by atoms with E-state index in [0.29, 0.717) is 6.10 Å². The highest BCUT2D eigenvalue weighted by Crippen LogP contribution is 2.26. The van der Waals surface area contributed by atoms with Crippen molar-refractivity contribution in [1.82, 2.24) is 4.90 Å². The molecule has 0 bridgehead atoms. The van der Waals surface area contributed by atoms with Crippen molar-refractivity contribution >= 4 is 0 Å². The van der Waals surface area contributed by atoms with Gasteiger partial charge in [-0.2, -0.15) is 0 Å². The summed E-state index contributed by atoms with van der Waals surface area (Å²) in [5.41, 5.74) is 6.11. The maximum Gasteiger partial charge on any atom is 0.122 e. The lowest BCUT2D eigenvalue weighted by atomic mass is 10.1. The second-order valence-electron chi connectivity index (χ2n) is 5.33. The first-order chi connectivity index (χ1) is 8.58. The first kappa shape index (κ1) is 13.6. The van der Waals surface area contributed by atoms with Gasteiger partial charge >= 0.3 is 0 Å². The molecule has 3 unspecified atom stereocenters. The van der Waals surface area contributed by atoms with E-state index >= 15 is 0 Å². The highest BCUT2D eigenvalue weighted by atomic mass is 16.5. The van der Waals surface area contributed by atoms with Gasteiger partial charge in [0.2, 0.25) is 0 Å². The molecule has 4 nitrogen and oxygen atoms in total. The molecule has 0 radical (unpaired) electrons. The van der Waals surface area contributed by atoms with Crippen molar-refractivity contribution in [3.05, 3.63) is 23.7 Å². The van der Waals surface area contributed by atoms with Gasteiger partial charge in [0.15, 0.2) is 0 Å². The van der Waals surface area contributed by atoms with Gasteiger partial charge in [-0.15, -0.1) is 0 Å². The number of hydrogen-bond acceptors (Lipinski definition) is 4. The van der Waals surface area contributed by atoms with Crippen LogP contribution in [0.2, 0.25) is 0 Å². The summed E-state index contributed by atoms with van der Waals surface area (Å²) in [4.78, 5) is 2.25. The molecule has 0 aromatic carbocycles. The Morgan fingerprint density at radius 3 is 2.78 bits per heavy atom. The number of likely N-dealkylation sites (N-methyl/N-ethyl adjacent to an activating group) is 1. The molecule has 18 heavy (non-hydrogen) atoms. The van der Waals surface area contributed by atoms with Crippen molar-refractivity contribution in [2.75, 3.05) is 20.2 Å². The monoisotopic (exact) mass is 252 g/mol. The molecule has 1 saturated heterocycles. The minimum absolute atomic E-state index is 0.0296. The molecule has 0 spiro atoms. The largest absolute Gasteiger partial charge is 0.465 e. The van der Waals surface area contributed by atoms with Gasteiger partial charge < -0.3 is 14.9 Å². The van der Waals surface area contributed by atoms with Crippen LogP contribution in [0, 0.1) is 6.92 Å². The summed E-state index contributed by atoms with van der Waals surface area (Å²) in [6, 6.07) is 4.16. The average molecular weight is 252 g/mol. The quantitative estimate of drug-likeness (QED) is 0.871. The Labute approximate surface area is 109 Å². The van der Waals surface area contributed by atoms with Crippen LogP contribution in [0.3, 0.4) is 0 Å². The minimum atomic E-state index is 0.0296. The Morgan fingerprint density at radius 1 is 1.50 bits per heavy atom. The standard InChI is InChI=1S/C14H24N2O2/c1-10-6-7-13(18-10)14(11(2)15)16(3)9-12-5-4-8-17-12/h6-7,11-12,14H,4-5,8-9,15H2,1-3H3. The fraction of sp³-hybridized carbons (Fsp3) is 0.714. The van der Waals surface area contributed by atoms with Crippen LogP contribution in [-0.4, -0.2) is 37.2 Å². The summed E-state index contributed by atoms with van der Waals surface area (Å²) in [5, 5.41) is 0. The van der Waals surface area contributed by atoms with Crippen molar-refractivity contribution in [3.8, 4) is 0 Å². The molecule has 0 aliphatic carbocycles. The first-order valence-electron chi connectivity index (χ1n) is 6.71. The smallest absolute Gasteiger partial charge is 0.122 e. The molecule has 1 aliphatic heterocycles. The van der Waals surface area contributed by atoms with Gasteiger partial charge in [-0.1, -0.05) is 0 Å². The SMILES string of the molecule is Cc1ccc(C(C(C)N)N(C)CC2CCCO2)o1. The van der Waals surface area contributed by atoms with Crippen LogP contribution in [0.4, 0.5) is 0 Å². The third kappa shape index (κ3) is 3.13. The van der Waals surface area contributed by atoms with Crippen LogP contribution >= 0.6 is 0 Å². The van der Waals surface area contributed by atoms with E-state index in [2.05, 4.69) is 11.9 Å². The van der Waals surface area contributed by atoms with Crippen LogP contribution < -0.4 is 5.73 Å². The van der Waals surface area contributed by atoms with E-state index in [4.69, 9.17) is 14.9 Å². The van der Waals surface area contributed by atoms with Crippen LogP contribution in [0.15, 0.2) is 16.5 Å². The summed E-state index contributed by atoms with van der Waals surface area (Å²) in [7, 11) is 2.09. The number of hydrogen-bond donors (Lipinski definition) is 1. The summed E-state index contributed by atoms with van der Waals surface area (Å²) < 4.78 is 11.4. The van der Waals surface area contributed by atoms with Gasteiger partial charge in [-0.05, 0) is 45.9 Å². The Bertz CT molecular complexity index is 370. The highest BCUT2D eigenvalue weighted by Gasteiger charge is 2.27. The molecule has 0 saturated carbocycles. The molecule has 1 aliphatic rings. The van der Waals surface area contributed by atoms with E-state index in [9.17, 15) is 0 Å². The molecular weight excluding hydrogens is 228 g/mol. The second-order valence-corrected chi connectivity index (χ2v) is 5.33. The lowest BCUT2D eigenvalue weighted by molar-refractivity contribution is 0.0598. The molecule has 1 aromatic heterocycles. The molecule has 4 heteroatoms. The maximum absolute atomic E-state index is 6.11. The maximum atomic E-state index is 6.11. The van der Waals surface area contributed by atoms with E-state index in [-0.39, 0.29) is 12.1 Å². The molecule has 3 atom stereocenters. The highest BCUT2D eigenvalue weighted by molar-refractivity contribution is 5.11. The van der Waals surface area contributed by atoms with Crippen molar-refractivity contribution in [1.29, 1.82) is 0 Å². The van der Waals surface area contributed by atoms with E-state index in [1.54, 1.807) is 0 Å². The first-order valence-corrected chi connectivity index (χ1v) is 6.71. The lowest BCUT2D eigenvalue weighted by Crippen LogP contribution is -2.40. The minimum Gasteiger partial charge on any atom is -0.465 e. The number of aryl methyl sites for hydroxylation is 1. The zero-order valence-electron chi connectivity index (χ0n) is 11.6. The predicted molar refractivity (Wildman–Crippen MR) is 71.4 cm³/mol. The van der Waals surface area contributed by atoms with E-state index in [0.717, 1.165) is 31.1 Å². The van der Waals surface area contributed by atoms with Crippen molar-refractivity contribution < 1.29 is 9.15 Å². The zero-order chi connectivity index (χ0) is 13.1. The van der Waals surface area contributed by atoms with Crippen LogP contribution in [-0.2, 0) is 4.74 Å². The molecule has 1 aromatic rings. The van der Waals surface area contributed by atoms with Crippen molar-refractivity contribution in [2.24, 2.45) is 5.73 Å². The lowest BCUT2D eigenvalue weighted by Gasteiger charge is -2.31.